The van der Waals surface area contributed by atoms with Gasteiger partial charge in [-0.1, -0.05) is 30.3 Å². The molecule has 3 rings (SSSR count). The van der Waals surface area contributed by atoms with Gasteiger partial charge >= 0.3 is 0 Å². The Bertz CT molecular complexity index is 780. The smallest absolute Gasteiger partial charge is 0.203 e. The number of aliphatic hydroxyl groups excluding tert-OH is 1. The molecule has 1 atom stereocenters. The molecular weight excluding hydrogens is 467 g/mol. The van der Waals surface area contributed by atoms with E-state index in [1.54, 1.807) is 38.4 Å². The van der Waals surface area contributed by atoms with Crippen LogP contribution >= 0.6 is 0 Å². The van der Waals surface area contributed by atoms with Crippen LogP contribution in [0.4, 0.5) is 0 Å². The Morgan fingerprint density at radius 1 is 0.848 bits per heavy atom. The Labute approximate surface area is 209 Å². The minimum atomic E-state index is -0.528. The third kappa shape index (κ3) is 8.76. The van der Waals surface area contributed by atoms with E-state index >= 15 is 0 Å². The van der Waals surface area contributed by atoms with Crippen LogP contribution in [0.25, 0.3) is 0 Å². The van der Waals surface area contributed by atoms with Crippen molar-refractivity contribution in [3.8, 4) is 23.0 Å². The Balaban J connectivity index is 0.00000272. The summed E-state index contributed by atoms with van der Waals surface area (Å²) in [6.07, 6.45) is 0.594. The summed E-state index contributed by atoms with van der Waals surface area (Å²) < 4.78 is 21.9. The fraction of sp³-hybridized carbons (Fsp3) is 0.500. The van der Waals surface area contributed by atoms with Crippen LogP contribution in [0.2, 0.25) is 0 Å². The van der Waals surface area contributed by atoms with Gasteiger partial charge in [0, 0.05) is 18.6 Å². The molecular formula is C24H36Cl2N2O5. The van der Waals surface area contributed by atoms with E-state index in [1.165, 1.54) is 17.0 Å². The van der Waals surface area contributed by atoms with Crippen molar-refractivity contribution >= 4 is 0 Å². The first kappa shape index (κ1) is 29.1. The zero-order valence-electron chi connectivity index (χ0n) is 19.6. The molecule has 1 aliphatic rings. The molecule has 1 fully saturated rings. The number of rotatable bonds is 11. The molecule has 2 aromatic rings. The third-order valence-corrected chi connectivity index (χ3v) is 5.88. The lowest BCUT2D eigenvalue weighted by molar-refractivity contribution is -1.01. The molecule has 186 valence electrons. The molecule has 0 radical (unpaired) electrons. The van der Waals surface area contributed by atoms with Crippen molar-refractivity contribution in [3.05, 3.63) is 48.0 Å². The highest BCUT2D eigenvalue weighted by Gasteiger charge is 2.25. The fourth-order valence-corrected chi connectivity index (χ4v) is 4.10. The monoisotopic (exact) mass is 502 g/mol. The summed E-state index contributed by atoms with van der Waals surface area (Å²) >= 11 is 0. The fourth-order valence-electron chi connectivity index (χ4n) is 4.10. The predicted molar refractivity (Wildman–Crippen MR) is 119 cm³/mol. The molecule has 9 heteroatoms. The van der Waals surface area contributed by atoms with Crippen LogP contribution in [-0.2, 0) is 6.42 Å². The van der Waals surface area contributed by atoms with Gasteiger partial charge in [0.1, 0.15) is 51.2 Å². The number of hydrogen-bond acceptors (Lipinski definition) is 5. The van der Waals surface area contributed by atoms with Gasteiger partial charge in [-0.15, -0.1) is 0 Å². The Kier molecular flexibility index (Phi) is 13.3. The van der Waals surface area contributed by atoms with Crippen molar-refractivity contribution in [1.82, 2.24) is 0 Å². The van der Waals surface area contributed by atoms with Crippen molar-refractivity contribution in [2.45, 2.75) is 12.5 Å². The summed E-state index contributed by atoms with van der Waals surface area (Å²) in [6.45, 7) is 6.52. The van der Waals surface area contributed by atoms with Gasteiger partial charge in [-0.2, -0.15) is 0 Å². The van der Waals surface area contributed by atoms with Gasteiger partial charge < -0.3 is 58.7 Å². The molecule has 0 spiro atoms. The first-order chi connectivity index (χ1) is 15.1. The number of benzene rings is 2. The van der Waals surface area contributed by atoms with E-state index in [-0.39, 0.29) is 31.4 Å². The molecule has 1 unspecified atom stereocenters. The maximum Gasteiger partial charge on any atom is 0.203 e. The SMILES string of the molecule is COc1cc(OCC(O)C[NH+]2CC[NH+](CCc3ccccc3)CC2)cc(OC)c1OC.[Cl-].[Cl-]. The molecule has 1 saturated heterocycles. The second kappa shape index (κ2) is 15.1. The van der Waals surface area contributed by atoms with Crippen LogP contribution in [0.1, 0.15) is 5.56 Å². The van der Waals surface area contributed by atoms with E-state index in [0.717, 1.165) is 32.6 Å². The molecule has 1 heterocycles. The van der Waals surface area contributed by atoms with Gasteiger partial charge in [0.05, 0.1) is 27.9 Å². The van der Waals surface area contributed by atoms with Crippen LogP contribution in [0, 0.1) is 0 Å². The van der Waals surface area contributed by atoms with Crippen LogP contribution in [0.5, 0.6) is 23.0 Å². The van der Waals surface area contributed by atoms with Crippen molar-refractivity contribution in [2.24, 2.45) is 0 Å². The molecule has 2 aromatic carbocycles. The minimum Gasteiger partial charge on any atom is -1.00 e. The topological polar surface area (TPSA) is 66.0 Å². The number of ether oxygens (including phenoxy) is 4. The van der Waals surface area contributed by atoms with Gasteiger partial charge in [-0.25, -0.2) is 0 Å². The Morgan fingerprint density at radius 2 is 1.42 bits per heavy atom. The molecule has 1 aliphatic heterocycles. The maximum atomic E-state index is 10.5. The molecule has 0 saturated carbocycles. The summed E-state index contributed by atoms with van der Waals surface area (Å²) in [4.78, 5) is 3.08. The predicted octanol–water partition coefficient (Wildman–Crippen LogP) is -6.51. The average Bonchev–Trinajstić information content (AvgIpc) is 2.82. The normalized spacial score (nSPS) is 18.3. The van der Waals surface area contributed by atoms with Crippen LogP contribution < -0.4 is 53.6 Å². The molecule has 0 amide bonds. The lowest BCUT2D eigenvalue weighted by atomic mass is 10.1. The molecule has 0 aromatic heterocycles. The summed E-state index contributed by atoms with van der Waals surface area (Å²) in [7, 11) is 4.71. The number of halogens is 2. The summed E-state index contributed by atoms with van der Waals surface area (Å²) in [6, 6.07) is 14.2. The van der Waals surface area contributed by atoms with Crippen molar-refractivity contribution in [1.29, 1.82) is 0 Å². The summed E-state index contributed by atoms with van der Waals surface area (Å²) in [5.41, 5.74) is 1.41. The zero-order valence-corrected chi connectivity index (χ0v) is 21.1. The van der Waals surface area contributed by atoms with E-state index in [9.17, 15) is 5.11 Å². The maximum absolute atomic E-state index is 10.5. The summed E-state index contributed by atoms with van der Waals surface area (Å²) in [5, 5.41) is 10.5. The quantitative estimate of drug-likeness (QED) is 0.285. The van der Waals surface area contributed by atoms with Gasteiger partial charge in [0.15, 0.2) is 11.5 Å². The lowest BCUT2D eigenvalue weighted by Crippen LogP contribution is -3.28. The molecule has 7 nitrogen and oxygen atoms in total. The highest BCUT2D eigenvalue weighted by Crippen LogP contribution is 2.40. The van der Waals surface area contributed by atoms with E-state index < -0.39 is 6.10 Å². The lowest BCUT2D eigenvalue weighted by Gasteiger charge is -2.30. The summed E-state index contributed by atoms with van der Waals surface area (Å²) in [5.74, 6) is 2.17. The van der Waals surface area contributed by atoms with Crippen LogP contribution in [0.3, 0.4) is 0 Å². The zero-order chi connectivity index (χ0) is 22.1. The van der Waals surface area contributed by atoms with Gasteiger partial charge in [0.2, 0.25) is 5.75 Å². The average molecular weight is 503 g/mol. The Morgan fingerprint density at radius 3 is 1.97 bits per heavy atom. The van der Waals surface area contributed by atoms with Crippen molar-refractivity contribution in [2.75, 3.05) is 67.2 Å². The third-order valence-electron chi connectivity index (χ3n) is 5.88. The minimum absolute atomic E-state index is 0. The number of aliphatic hydroxyl groups is 1. The van der Waals surface area contributed by atoms with E-state index in [4.69, 9.17) is 18.9 Å². The largest absolute Gasteiger partial charge is 1.00 e. The van der Waals surface area contributed by atoms with Crippen molar-refractivity contribution in [3.63, 3.8) is 0 Å². The molecule has 0 bridgehead atoms. The Hall–Kier alpha value is -1.90. The second-order valence-corrected chi connectivity index (χ2v) is 8.02. The standard InChI is InChI=1S/C24H34N2O5.2ClH/c1-28-22-15-21(16-23(29-2)24(22)30-3)31-18-20(27)17-26-13-11-25(12-14-26)10-9-19-7-5-4-6-8-19;;/h4-8,15-16,20,27H,9-14,17-18H2,1-3H3;2*1H. The van der Waals surface area contributed by atoms with Gasteiger partial charge in [-0.3, -0.25) is 0 Å². The number of nitrogens with one attached hydrogen (secondary N) is 2. The van der Waals surface area contributed by atoms with Gasteiger partial charge in [0.25, 0.3) is 0 Å². The molecule has 3 N–H and O–H groups in total. The first-order valence-corrected chi connectivity index (χ1v) is 10.9. The molecule has 0 aliphatic carbocycles. The van der Waals surface area contributed by atoms with E-state index in [0.29, 0.717) is 29.5 Å². The van der Waals surface area contributed by atoms with Gasteiger partial charge in [-0.05, 0) is 5.56 Å². The number of hydrogen-bond donors (Lipinski definition) is 3. The number of quaternary nitrogens is 2. The van der Waals surface area contributed by atoms with Crippen LogP contribution in [-0.4, -0.2) is 78.4 Å². The highest BCUT2D eigenvalue weighted by atomic mass is 35.5. The first-order valence-electron chi connectivity index (χ1n) is 10.9. The van der Waals surface area contributed by atoms with Crippen molar-refractivity contribution < 1.29 is 58.7 Å². The van der Waals surface area contributed by atoms with E-state index in [2.05, 4.69) is 30.3 Å². The number of piperazine rings is 1. The van der Waals surface area contributed by atoms with E-state index in [1.807, 2.05) is 0 Å². The number of methoxy groups -OCH3 is 3. The highest BCUT2D eigenvalue weighted by molar-refractivity contribution is 5.55. The second-order valence-electron chi connectivity index (χ2n) is 8.02. The molecule has 33 heavy (non-hydrogen) atoms. The van der Waals surface area contributed by atoms with Crippen LogP contribution in [0.15, 0.2) is 42.5 Å².